The molecule has 0 amide bonds. The van der Waals surface area contributed by atoms with Crippen LogP contribution < -0.4 is 5.32 Å². The Labute approximate surface area is 125 Å². The van der Waals surface area contributed by atoms with E-state index in [4.69, 9.17) is 0 Å². The SMILES string of the molecule is C=C/C(=C\C(CC)C1=CC=C(CC(C)C)C[C@@H]1C)NC. The Balaban J connectivity index is 2.92. The van der Waals surface area contributed by atoms with E-state index < -0.39 is 0 Å². The fourth-order valence-electron chi connectivity index (χ4n) is 3.04. The van der Waals surface area contributed by atoms with Crippen molar-refractivity contribution in [2.75, 3.05) is 7.05 Å². The standard InChI is InChI=1S/C19H31N/c1-7-17(13-18(8-2)20-6)19-10-9-16(11-14(3)4)12-15(19)5/h8-10,13-15,17,20H,2,7,11-12H2,1,3-6H3/b18-13+/t15-,17?/m0/s1. The molecule has 0 fully saturated rings. The van der Waals surface area contributed by atoms with Crippen LogP contribution >= 0.6 is 0 Å². The van der Waals surface area contributed by atoms with Gasteiger partial charge < -0.3 is 5.32 Å². The molecule has 0 spiro atoms. The van der Waals surface area contributed by atoms with Crippen molar-refractivity contribution in [1.82, 2.24) is 5.32 Å². The van der Waals surface area contributed by atoms with Gasteiger partial charge >= 0.3 is 0 Å². The fraction of sp³-hybridized carbons (Fsp3) is 0.579. The molecule has 0 radical (unpaired) electrons. The monoisotopic (exact) mass is 273 g/mol. The molecule has 20 heavy (non-hydrogen) atoms. The van der Waals surface area contributed by atoms with Crippen molar-refractivity contribution in [2.24, 2.45) is 17.8 Å². The molecule has 1 nitrogen and oxygen atoms in total. The summed E-state index contributed by atoms with van der Waals surface area (Å²) in [5.41, 5.74) is 4.30. The minimum absolute atomic E-state index is 0.516. The quantitative estimate of drug-likeness (QED) is 0.625. The third-order valence-electron chi connectivity index (χ3n) is 4.08. The number of hydrogen-bond donors (Lipinski definition) is 1. The number of nitrogens with one attached hydrogen (secondary N) is 1. The summed E-state index contributed by atoms with van der Waals surface area (Å²) in [5, 5.41) is 3.21. The van der Waals surface area contributed by atoms with Gasteiger partial charge in [0.25, 0.3) is 0 Å². The molecule has 0 aromatic carbocycles. The average molecular weight is 273 g/mol. The van der Waals surface area contributed by atoms with E-state index >= 15 is 0 Å². The topological polar surface area (TPSA) is 12.0 Å². The Morgan fingerprint density at radius 2 is 2.15 bits per heavy atom. The number of allylic oxidation sites excluding steroid dienone is 6. The highest BCUT2D eigenvalue weighted by Crippen LogP contribution is 2.34. The van der Waals surface area contributed by atoms with E-state index in [2.05, 4.69) is 57.8 Å². The molecule has 0 aromatic heterocycles. The lowest BCUT2D eigenvalue weighted by Gasteiger charge is -2.27. The van der Waals surface area contributed by atoms with E-state index in [1.165, 1.54) is 12.8 Å². The normalized spacial score (nSPS) is 21.3. The Kier molecular flexibility index (Phi) is 6.84. The van der Waals surface area contributed by atoms with Crippen molar-refractivity contribution in [3.05, 3.63) is 47.7 Å². The highest BCUT2D eigenvalue weighted by molar-refractivity contribution is 5.31. The molecule has 0 saturated carbocycles. The zero-order valence-corrected chi connectivity index (χ0v) is 13.9. The van der Waals surface area contributed by atoms with Gasteiger partial charge in [0.2, 0.25) is 0 Å². The highest BCUT2D eigenvalue weighted by Gasteiger charge is 2.20. The number of hydrogen-bond acceptors (Lipinski definition) is 1. The van der Waals surface area contributed by atoms with Crippen molar-refractivity contribution in [2.45, 2.75) is 47.0 Å². The van der Waals surface area contributed by atoms with Gasteiger partial charge in [0, 0.05) is 18.7 Å². The average Bonchev–Trinajstić information content (AvgIpc) is 2.41. The van der Waals surface area contributed by atoms with Crippen LogP contribution in [0.1, 0.15) is 47.0 Å². The van der Waals surface area contributed by atoms with Crippen molar-refractivity contribution in [1.29, 1.82) is 0 Å². The lowest BCUT2D eigenvalue weighted by atomic mass is 9.78. The summed E-state index contributed by atoms with van der Waals surface area (Å²) < 4.78 is 0. The second-order valence-electron chi connectivity index (χ2n) is 6.29. The van der Waals surface area contributed by atoms with Crippen LogP contribution in [0.15, 0.2) is 47.7 Å². The van der Waals surface area contributed by atoms with E-state index in [1.54, 1.807) is 11.1 Å². The molecule has 1 heteroatoms. The lowest BCUT2D eigenvalue weighted by Crippen LogP contribution is -2.15. The number of likely N-dealkylation sites (N-methyl/N-ethyl adjacent to an activating group) is 1. The Morgan fingerprint density at radius 3 is 2.60 bits per heavy atom. The molecule has 0 saturated heterocycles. The second kappa shape index (κ2) is 8.14. The summed E-state index contributed by atoms with van der Waals surface area (Å²) in [6, 6.07) is 0. The van der Waals surface area contributed by atoms with Gasteiger partial charge in [-0.2, -0.15) is 0 Å². The first-order valence-electron chi connectivity index (χ1n) is 7.93. The summed E-state index contributed by atoms with van der Waals surface area (Å²) >= 11 is 0. The first-order chi connectivity index (χ1) is 9.51. The lowest BCUT2D eigenvalue weighted by molar-refractivity contribution is 0.532. The van der Waals surface area contributed by atoms with Crippen LogP contribution in [-0.2, 0) is 0 Å². The Hall–Kier alpha value is -1.24. The fourth-order valence-corrected chi connectivity index (χ4v) is 3.04. The van der Waals surface area contributed by atoms with Gasteiger partial charge in [-0.1, -0.05) is 63.6 Å². The largest absolute Gasteiger partial charge is 0.388 e. The molecule has 1 aliphatic rings. The summed E-state index contributed by atoms with van der Waals surface area (Å²) in [6.07, 6.45) is 12.5. The third-order valence-corrected chi connectivity index (χ3v) is 4.08. The molecule has 0 aromatic rings. The predicted octanol–water partition coefficient (Wildman–Crippen LogP) is 5.24. The smallest absolute Gasteiger partial charge is 0.0297 e. The van der Waals surface area contributed by atoms with Gasteiger partial charge in [-0.15, -0.1) is 0 Å². The van der Waals surface area contributed by atoms with Gasteiger partial charge in [0.05, 0.1) is 0 Å². The van der Waals surface area contributed by atoms with Gasteiger partial charge in [-0.3, -0.25) is 0 Å². The summed E-state index contributed by atoms with van der Waals surface area (Å²) in [6.45, 7) is 13.1. The predicted molar refractivity (Wildman–Crippen MR) is 90.5 cm³/mol. The molecule has 0 bridgehead atoms. The minimum Gasteiger partial charge on any atom is -0.388 e. The van der Waals surface area contributed by atoms with E-state index in [0.717, 1.165) is 18.0 Å². The minimum atomic E-state index is 0.516. The molecule has 112 valence electrons. The first-order valence-corrected chi connectivity index (χ1v) is 7.93. The summed E-state index contributed by atoms with van der Waals surface area (Å²) in [5.74, 6) is 1.92. The Bertz CT molecular complexity index is 409. The van der Waals surface area contributed by atoms with E-state index in [1.807, 2.05) is 13.1 Å². The van der Waals surface area contributed by atoms with Crippen molar-refractivity contribution in [3.63, 3.8) is 0 Å². The van der Waals surface area contributed by atoms with Crippen molar-refractivity contribution in [3.8, 4) is 0 Å². The first kappa shape index (κ1) is 16.8. The summed E-state index contributed by atoms with van der Waals surface area (Å²) in [7, 11) is 1.96. The molecule has 1 unspecified atom stereocenters. The van der Waals surface area contributed by atoms with Crippen LogP contribution in [0.25, 0.3) is 0 Å². The molecular formula is C19H31N. The molecular weight excluding hydrogens is 242 g/mol. The van der Waals surface area contributed by atoms with Crippen LogP contribution in [-0.4, -0.2) is 7.05 Å². The van der Waals surface area contributed by atoms with Gasteiger partial charge in [-0.05, 0) is 37.2 Å². The van der Waals surface area contributed by atoms with E-state index in [0.29, 0.717) is 11.8 Å². The van der Waals surface area contributed by atoms with Gasteiger partial charge in [0.15, 0.2) is 0 Å². The van der Waals surface area contributed by atoms with E-state index in [9.17, 15) is 0 Å². The second-order valence-corrected chi connectivity index (χ2v) is 6.29. The highest BCUT2D eigenvalue weighted by atomic mass is 14.8. The maximum Gasteiger partial charge on any atom is 0.0297 e. The third kappa shape index (κ3) is 4.70. The molecule has 1 rings (SSSR count). The van der Waals surface area contributed by atoms with Crippen LogP contribution in [0.5, 0.6) is 0 Å². The van der Waals surface area contributed by atoms with Crippen LogP contribution in [0.2, 0.25) is 0 Å². The zero-order chi connectivity index (χ0) is 15.1. The maximum absolute atomic E-state index is 3.87. The number of rotatable bonds is 7. The van der Waals surface area contributed by atoms with Crippen molar-refractivity contribution < 1.29 is 0 Å². The molecule has 0 aliphatic heterocycles. The summed E-state index contributed by atoms with van der Waals surface area (Å²) in [4.78, 5) is 0. The Morgan fingerprint density at radius 1 is 1.45 bits per heavy atom. The molecule has 2 atom stereocenters. The molecule has 1 aliphatic carbocycles. The van der Waals surface area contributed by atoms with Gasteiger partial charge in [0.1, 0.15) is 0 Å². The molecule has 0 heterocycles. The van der Waals surface area contributed by atoms with Crippen LogP contribution in [0.4, 0.5) is 0 Å². The van der Waals surface area contributed by atoms with Gasteiger partial charge in [-0.25, -0.2) is 0 Å². The van der Waals surface area contributed by atoms with Crippen LogP contribution in [0.3, 0.4) is 0 Å². The van der Waals surface area contributed by atoms with E-state index in [-0.39, 0.29) is 0 Å². The van der Waals surface area contributed by atoms with Crippen LogP contribution in [0, 0.1) is 17.8 Å². The molecule has 1 N–H and O–H groups in total. The van der Waals surface area contributed by atoms with Crippen molar-refractivity contribution >= 4 is 0 Å². The maximum atomic E-state index is 3.87. The zero-order valence-electron chi connectivity index (χ0n) is 13.9.